The van der Waals surface area contributed by atoms with Crippen LogP contribution in [0.1, 0.15) is 29.5 Å². The van der Waals surface area contributed by atoms with Crippen molar-refractivity contribution < 1.29 is 9.90 Å². The van der Waals surface area contributed by atoms with E-state index in [0.29, 0.717) is 6.04 Å². The molecule has 0 atom stereocenters. The van der Waals surface area contributed by atoms with Crippen LogP contribution in [-0.4, -0.2) is 35.1 Å². The molecule has 1 N–H and O–H groups in total. The minimum Gasteiger partial charge on any atom is -0.480 e. The van der Waals surface area contributed by atoms with Gasteiger partial charge in [-0.1, -0.05) is 18.2 Å². The quantitative estimate of drug-likeness (QED) is 0.839. The van der Waals surface area contributed by atoms with Crippen LogP contribution in [0.25, 0.3) is 0 Å². The van der Waals surface area contributed by atoms with Gasteiger partial charge in [0.1, 0.15) is 0 Å². The van der Waals surface area contributed by atoms with Crippen LogP contribution in [0.5, 0.6) is 0 Å². The van der Waals surface area contributed by atoms with Gasteiger partial charge in [-0.25, -0.2) is 0 Å². The first-order chi connectivity index (χ1) is 8.56. The molecule has 3 heteroatoms. The normalized spacial score (nSPS) is 15.1. The summed E-state index contributed by atoms with van der Waals surface area (Å²) < 4.78 is 0. The second kappa shape index (κ2) is 5.53. The first-order valence-electron chi connectivity index (χ1n) is 6.58. The first-order valence-corrected chi connectivity index (χ1v) is 6.58. The van der Waals surface area contributed by atoms with E-state index in [-0.39, 0.29) is 6.54 Å². The summed E-state index contributed by atoms with van der Waals surface area (Å²) in [7, 11) is 0. The van der Waals surface area contributed by atoms with Gasteiger partial charge in [0.2, 0.25) is 0 Å². The van der Waals surface area contributed by atoms with Crippen molar-refractivity contribution in [3.8, 4) is 0 Å². The van der Waals surface area contributed by atoms with Gasteiger partial charge in [-0.3, -0.25) is 9.69 Å². The lowest BCUT2D eigenvalue weighted by Gasteiger charge is -2.19. The number of hydrogen-bond acceptors (Lipinski definition) is 2. The van der Waals surface area contributed by atoms with E-state index < -0.39 is 5.97 Å². The van der Waals surface area contributed by atoms with Gasteiger partial charge in [0.15, 0.2) is 0 Å². The Kier molecular flexibility index (Phi) is 4.02. The van der Waals surface area contributed by atoms with Crippen molar-refractivity contribution in [3.63, 3.8) is 0 Å². The highest BCUT2D eigenvalue weighted by Gasteiger charge is 2.29. The van der Waals surface area contributed by atoms with E-state index in [1.54, 1.807) is 0 Å². The van der Waals surface area contributed by atoms with Gasteiger partial charge < -0.3 is 5.11 Å². The summed E-state index contributed by atoms with van der Waals surface area (Å²) >= 11 is 0. The van der Waals surface area contributed by atoms with Crippen molar-refractivity contribution in [2.75, 3.05) is 13.1 Å². The monoisotopic (exact) mass is 247 g/mol. The van der Waals surface area contributed by atoms with Crippen LogP contribution in [0.3, 0.4) is 0 Å². The highest BCUT2D eigenvalue weighted by atomic mass is 16.4. The maximum Gasteiger partial charge on any atom is 0.317 e. The molecule has 0 amide bonds. The minimum atomic E-state index is -0.720. The summed E-state index contributed by atoms with van der Waals surface area (Å²) in [5.41, 5.74) is 3.92. The summed E-state index contributed by atoms with van der Waals surface area (Å²) in [5.74, 6) is -0.720. The molecule has 1 aromatic rings. The number of nitrogens with zero attached hydrogens (tertiary/aromatic N) is 1. The third kappa shape index (κ3) is 3.57. The number of aryl methyl sites for hydroxylation is 2. The molecule has 0 bridgehead atoms. The van der Waals surface area contributed by atoms with E-state index in [1.165, 1.54) is 16.7 Å². The van der Waals surface area contributed by atoms with Crippen molar-refractivity contribution in [1.29, 1.82) is 0 Å². The van der Waals surface area contributed by atoms with E-state index in [2.05, 4.69) is 36.9 Å². The van der Waals surface area contributed by atoms with E-state index in [4.69, 9.17) is 5.11 Å². The molecule has 0 unspecified atom stereocenters. The summed E-state index contributed by atoms with van der Waals surface area (Å²) in [4.78, 5) is 12.9. The Balaban J connectivity index is 1.92. The highest BCUT2D eigenvalue weighted by molar-refractivity contribution is 5.69. The van der Waals surface area contributed by atoms with Gasteiger partial charge in [0.05, 0.1) is 6.54 Å². The standard InChI is InChI=1S/C15H21NO2/c1-11-3-4-13(9-12(11)2)7-8-16(10-15(17)18)14-5-6-14/h3-4,9,14H,5-8,10H2,1-2H3,(H,17,18). The molecule has 0 saturated heterocycles. The molecule has 0 spiro atoms. The molecule has 0 heterocycles. The zero-order valence-corrected chi connectivity index (χ0v) is 11.1. The fourth-order valence-electron chi connectivity index (χ4n) is 2.24. The Hall–Kier alpha value is -1.35. The van der Waals surface area contributed by atoms with E-state index in [1.807, 2.05) is 0 Å². The van der Waals surface area contributed by atoms with Crippen LogP contribution >= 0.6 is 0 Å². The topological polar surface area (TPSA) is 40.5 Å². The third-order valence-electron chi connectivity index (χ3n) is 3.66. The Morgan fingerprint density at radius 1 is 1.33 bits per heavy atom. The van der Waals surface area contributed by atoms with Crippen LogP contribution in [-0.2, 0) is 11.2 Å². The van der Waals surface area contributed by atoms with Gasteiger partial charge in [0.25, 0.3) is 0 Å². The van der Waals surface area contributed by atoms with Gasteiger partial charge in [0, 0.05) is 12.6 Å². The second-order valence-electron chi connectivity index (χ2n) is 5.26. The zero-order chi connectivity index (χ0) is 13.1. The number of benzene rings is 1. The predicted octanol–water partition coefficient (Wildman–Crippen LogP) is 2.39. The lowest BCUT2D eigenvalue weighted by molar-refractivity contribution is -0.138. The number of aliphatic carboxylic acids is 1. The Morgan fingerprint density at radius 2 is 2.06 bits per heavy atom. The smallest absolute Gasteiger partial charge is 0.317 e. The maximum atomic E-state index is 10.8. The summed E-state index contributed by atoms with van der Waals surface area (Å²) in [5, 5.41) is 8.90. The van der Waals surface area contributed by atoms with E-state index >= 15 is 0 Å². The first kappa shape index (κ1) is 13.1. The van der Waals surface area contributed by atoms with Crippen molar-refractivity contribution in [1.82, 2.24) is 4.90 Å². The molecule has 0 aromatic heterocycles. The maximum absolute atomic E-state index is 10.8. The molecule has 98 valence electrons. The Morgan fingerprint density at radius 3 is 2.61 bits per heavy atom. The number of hydrogen-bond donors (Lipinski definition) is 1. The lowest BCUT2D eigenvalue weighted by atomic mass is 10.0. The lowest BCUT2D eigenvalue weighted by Crippen LogP contribution is -2.33. The van der Waals surface area contributed by atoms with Crippen LogP contribution in [0, 0.1) is 13.8 Å². The predicted molar refractivity (Wildman–Crippen MR) is 71.9 cm³/mol. The van der Waals surface area contributed by atoms with Crippen LogP contribution < -0.4 is 0 Å². The highest BCUT2D eigenvalue weighted by Crippen LogP contribution is 2.26. The summed E-state index contributed by atoms with van der Waals surface area (Å²) in [6, 6.07) is 7.01. The average Bonchev–Trinajstić information content (AvgIpc) is 3.12. The molecule has 1 saturated carbocycles. The third-order valence-corrected chi connectivity index (χ3v) is 3.66. The van der Waals surface area contributed by atoms with Gasteiger partial charge in [-0.05, 0) is 49.8 Å². The molecular weight excluding hydrogens is 226 g/mol. The fraction of sp³-hybridized carbons (Fsp3) is 0.533. The molecule has 18 heavy (non-hydrogen) atoms. The number of carbonyl (C=O) groups is 1. The van der Waals surface area contributed by atoms with Crippen LogP contribution in [0.4, 0.5) is 0 Å². The SMILES string of the molecule is Cc1ccc(CCN(CC(=O)O)C2CC2)cc1C. The zero-order valence-electron chi connectivity index (χ0n) is 11.1. The Labute approximate surface area is 108 Å². The van der Waals surface area contributed by atoms with Gasteiger partial charge in [-0.2, -0.15) is 0 Å². The molecule has 1 aliphatic carbocycles. The van der Waals surface area contributed by atoms with Crippen molar-refractivity contribution in [2.24, 2.45) is 0 Å². The number of rotatable bonds is 6. The van der Waals surface area contributed by atoms with Crippen molar-refractivity contribution in [2.45, 2.75) is 39.2 Å². The molecule has 2 rings (SSSR count). The molecule has 3 nitrogen and oxygen atoms in total. The average molecular weight is 247 g/mol. The van der Waals surface area contributed by atoms with Gasteiger partial charge in [-0.15, -0.1) is 0 Å². The summed E-state index contributed by atoms with van der Waals surface area (Å²) in [6.07, 6.45) is 3.24. The van der Waals surface area contributed by atoms with E-state index in [0.717, 1.165) is 25.8 Å². The number of carboxylic acids is 1. The molecule has 1 fully saturated rings. The van der Waals surface area contributed by atoms with Crippen molar-refractivity contribution in [3.05, 3.63) is 34.9 Å². The van der Waals surface area contributed by atoms with Crippen LogP contribution in [0.2, 0.25) is 0 Å². The largest absolute Gasteiger partial charge is 0.480 e. The Bertz CT molecular complexity index is 438. The van der Waals surface area contributed by atoms with E-state index in [9.17, 15) is 4.79 Å². The fourth-order valence-corrected chi connectivity index (χ4v) is 2.24. The molecule has 1 aliphatic rings. The molecule has 1 aromatic carbocycles. The molecule has 0 aliphatic heterocycles. The molecule has 0 radical (unpaired) electrons. The van der Waals surface area contributed by atoms with Crippen LogP contribution in [0.15, 0.2) is 18.2 Å². The van der Waals surface area contributed by atoms with Gasteiger partial charge >= 0.3 is 5.97 Å². The minimum absolute atomic E-state index is 0.176. The summed E-state index contributed by atoms with van der Waals surface area (Å²) in [6.45, 7) is 5.25. The number of carboxylic acid groups (broad SMARTS) is 1. The second-order valence-corrected chi connectivity index (χ2v) is 5.26. The molecular formula is C15H21NO2. The van der Waals surface area contributed by atoms with Crippen molar-refractivity contribution >= 4 is 5.97 Å².